The van der Waals surface area contributed by atoms with Crippen LogP contribution in [0.1, 0.15) is 117 Å². The molecule has 0 fully saturated rings. The highest BCUT2D eigenvalue weighted by molar-refractivity contribution is 7.86. The van der Waals surface area contributed by atoms with Gasteiger partial charge in [0.2, 0.25) is 0 Å². The van der Waals surface area contributed by atoms with Crippen molar-refractivity contribution in [3.8, 4) is 0 Å². The fourth-order valence-electron chi connectivity index (χ4n) is 3.28. The summed E-state index contributed by atoms with van der Waals surface area (Å²) < 4.78 is 32.5. The predicted octanol–water partition coefficient (Wildman–Crippen LogP) is 5.89. The Morgan fingerprint density at radius 2 is 1.04 bits per heavy atom. The maximum atomic E-state index is 11.5. The average molecular weight is 379 g/mol. The Kier molecular flexibility index (Phi) is 16.0. The van der Waals surface area contributed by atoms with Gasteiger partial charge in [-0.25, -0.2) is 0 Å². The van der Waals surface area contributed by atoms with Gasteiger partial charge in [0, 0.05) is 0 Å². The van der Waals surface area contributed by atoms with Crippen LogP contribution in [0.5, 0.6) is 0 Å². The highest BCUT2D eigenvalue weighted by atomic mass is 32.2. The molecule has 2 atom stereocenters. The molecule has 25 heavy (non-hydrogen) atoms. The molecule has 0 saturated carbocycles. The Bertz CT molecular complexity index is 381. The quantitative estimate of drug-likeness (QED) is 0.230. The Balaban J connectivity index is 3.83. The molecule has 2 unspecified atom stereocenters. The van der Waals surface area contributed by atoms with Gasteiger partial charge >= 0.3 is 0 Å². The molecule has 0 bridgehead atoms. The van der Waals surface area contributed by atoms with Crippen molar-refractivity contribution in [1.29, 1.82) is 0 Å². The lowest BCUT2D eigenvalue weighted by Gasteiger charge is -2.14. The van der Waals surface area contributed by atoms with E-state index in [9.17, 15) is 18.1 Å². The second-order valence-corrected chi connectivity index (χ2v) is 9.18. The molecule has 0 amide bonds. The molecule has 0 saturated heterocycles. The van der Waals surface area contributed by atoms with Crippen LogP contribution in [-0.4, -0.2) is 29.4 Å². The first-order chi connectivity index (χ1) is 11.9. The Morgan fingerprint density at radius 3 is 1.56 bits per heavy atom. The predicted molar refractivity (Wildman–Crippen MR) is 107 cm³/mol. The van der Waals surface area contributed by atoms with Crippen LogP contribution >= 0.6 is 0 Å². The zero-order valence-electron chi connectivity index (χ0n) is 16.6. The minimum Gasteiger partial charge on any atom is -0.393 e. The lowest BCUT2D eigenvalue weighted by molar-refractivity contribution is 0.148. The number of aliphatic hydroxyl groups is 1. The first-order valence-electron chi connectivity index (χ1n) is 10.6. The van der Waals surface area contributed by atoms with E-state index in [2.05, 4.69) is 13.8 Å². The van der Waals surface area contributed by atoms with Gasteiger partial charge < -0.3 is 5.11 Å². The van der Waals surface area contributed by atoms with Crippen molar-refractivity contribution in [3.63, 3.8) is 0 Å². The summed E-state index contributed by atoms with van der Waals surface area (Å²) in [4.78, 5) is 0. The molecule has 4 nitrogen and oxygen atoms in total. The van der Waals surface area contributed by atoms with Gasteiger partial charge in [0.1, 0.15) is 0 Å². The van der Waals surface area contributed by atoms with E-state index < -0.39 is 15.4 Å². The van der Waals surface area contributed by atoms with Gasteiger partial charge in [0.05, 0.1) is 11.4 Å². The standard InChI is InChI=1S/C20H42O4S/c1-3-5-7-8-9-10-13-17-20(25(22,23)24)18-14-11-12-16-19(21)15-6-4-2/h19-21H,3-18H2,1-2H3,(H,22,23,24). The molecular formula is C20H42O4S. The number of hydrogen-bond donors (Lipinski definition) is 2. The second-order valence-electron chi connectivity index (χ2n) is 7.48. The van der Waals surface area contributed by atoms with E-state index in [0.717, 1.165) is 64.2 Å². The Morgan fingerprint density at radius 1 is 0.640 bits per heavy atom. The van der Waals surface area contributed by atoms with Gasteiger partial charge in [0.25, 0.3) is 10.1 Å². The van der Waals surface area contributed by atoms with E-state index in [0.29, 0.717) is 12.8 Å². The number of unbranched alkanes of at least 4 members (excludes halogenated alkanes) is 9. The highest BCUT2D eigenvalue weighted by Gasteiger charge is 2.21. The second kappa shape index (κ2) is 16.1. The van der Waals surface area contributed by atoms with Crippen molar-refractivity contribution in [2.24, 2.45) is 0 Å². The van der Waals surface area contributed by atoms with Crippen LogP contribution in [0.3, 0.4) is 0 Å². The highest BCUT2D eigenvalue weighted by Crippen LogP contribution is 2.19. The summed E-state index contributed by atoms with van der Waals surface area (Å²) in [6, 6.07) is 0. The van der Waals surface area contributed by atoms with E-state index in [4.69, 9.17) is 0 Å². The summed E-state index contributed by atoms with van der Waals surface area (Å²) in [5.41, 5.74) is 0. The Hall–Kier alpha value is -0.130. The fraction of sp³-hybridized carbons (Fsp3) is 1.00. The smallest absolute Gasteiger partial charge is 0.267 e. The largest absolute Gasteiger partial charge is 0.393 e. The molecule has 0 aliphatic rings. The molecule has 0 aromatic heterocycles. The third kappa shape index (κ3) is 15.8. The van der Waals surface area contributed by atoms with Gasteiger partial charge in [-0.2, -0.15) is 8.42 Å². The molecule has 2 N–H and O–H groups in total. The molecule has 0 rings (SSSR count). The van der Waals surface area contributed by atoms with Crippen LogP contribution < -0.4 is 0 Å². The van der Waals surface area contributed by atoms with E-state index in [-0.39, 0.29) is 6.10 Å². The monoisotopic (exact) mass is 378 g/mol. The van der Waals surface area contributed by atoms with Gasteiger partial charge in [-0.1, -0.05) is 90.9 Å². The van der Waals surface area contributed by atoms with Gasteiger partial charge in [-0.3, -0.25) is 4.55 Å². The molecule has 152 valence electrons. The van der Waals surface area contributed by atoms with Crippen LogP contribution in [0, 0.1) is 0 Å². The first kappa shape index (κ1) is 24.9. The lowest BCUT2D eigenvalue weighted by Crippen LogP contribution is -2.20. The van der Waals surface area contributed by atoms with E-state index in [1.807, 2.05) is 0 Å². The van der Waals surface area contributed by atoms with Gasteiger partial charge in [0.15, 0.2) is 0 Å². The zero-order valence-corrected chi connectivity index (χ0v) is 17.4. The SMILES string of the molecule is CCCCCCCCCC(CCCCCC(O)CCCC)S(=O)(=O)O. The number of rotatable bonds is 18. The number of hydrogen-bond acceptors (Lipinski definition) is 3. The summed E-state index contributed by atoms with van der Waals surface area (Å²) in [6.07, 6.45) is 15.5. The number of aliphatic hydroxyl groups excluding tert-OH is 1. The maximum Gasteiger partial charge on any atom is 0.267 e. The molecule has 0 aromatic rings. The zero-order chi connectivity index (χ0) is 19.0. The van der Waals surface area contributed by atoms with Crippen LogP contribution in [-0.2, 0) is 10.1 Å². The van der Waals surface area contributed by atoms with Gasteiger partial charge in [-0.15, -0.1) is 0 Å². The summed E-state index contributed by atoms with van der Waals surface area (Å²) in [5, 5.41) is 9.20. The first-order valence-corrected chi connectivity index (χ1v) is 12.1. The van der Waals surface area contributed by atoms with Crippen LogP contribution in [0.15, 0.2) is 0 Å². The summed E-state index contributed by atoms with van der Waals surface area (Å²) >= 11 is 0. The third-order valence-electron chi connectivity index (χ3n) is 5.01. The van der Waals surface area contributed by atoms with Crippen molar-refractivity contribution in [2.45, 2.75) is 128 Å². The van der Waals surface area contributed by atoms with Crippen LogP contribution in [0.2, 0.25) is 0 Å². The molecular weight excluding hydrogens is 336 g/mol. The molecule has 0 aliphatic carbocycles. The summed E-state index contributed by atoms with van der Waals surface area (Å²) in [6.45, 7) is 4.32. The van der Waals surface area contributed by atoms with E-state index in [1.165, 1.54) is 25.7 Å². The van der Waals surface area contributed by atoms with Crippen molar-refractivity contribution in [3.05, 3.63) is 0 Å². The van der Waals surface area contributed by atoms with Crippen molar-refractivity contribution in [2.75, 3.05) is 0 Å². The lowest BCUT2D eigenvalue weighted by atomic mass is 10.0. The minimum atomic E-state index is -3.93. The molecule has 0 radical (unpaired) electrons. The topological polar surface area (TPSA) is 74.6 Å². The molecule has 0 aliphatic heterocycles. The fourth-order valence-corrected chi connectivity index (χ4v) is 4.21. The van der Waals surface area contributed by atoms with Crippen LogP contribution in [0.25, 0.3) is 0 Å². The third-order valence-corrected chi connectivity index (χ3v) is 6.32. The minimum absolute atomic E-state index is 0.218. The van der Waals surface area contributed by atoms with E-state index >= 15 is 0 Å². The van der Waals surface area contributed by atoms with Crippen LogP contribution in [0.4, 0.5) is 0 Å². The summed E-state index contributed by atoms with van der Waals surface area (Å²) in [5.74, 6) is 0. The maximum absolute atomic E-state index is 11.5. The Labute approximate surface area is 156 Å². The van der Waals surface area contributed by atoms with Crippen molar-refractivity contribution in [1.82, 2.24) is 0 Å². The molecule has 0 aromatic carbocycles. The average Bonchev–Trinajstić information content (AvgIpc) is 2.55. The molecule has 5 heteroatoms. The molecule has 0 spiro atoms. The molecule has 0 heterocycles. The summed E-state index contributed by atoms with van der Waals surface area (Å²) in [7, 11) is -3.93. The normalized spacial score (nSPS) is 14.6. The van der Waals surface area contributed by atoms with Crippen molar-refractivity contribution < 1.29 is 18.1 Å². The van der Waals surface area contributed by atoms with Crippen molar-refractivity contribution >= 4 is 10.1 Å². The van der Waals surface area contributed by atoms with Gasteiger partial charge in [-0.05, 0) is 25.7 Å². The van der Waals surface area contributed by atoms with E-state index in [1.54, 1.807) is 0 Å².